The Morgan fingerprint density at radius 1 is 1.50 bits per heavy atom. The lowest BCUT2D eigenvalue weighted by Crippen LogP contribution is -2.27. The summed E-state index contributed by atoms with van der Waals surface area (Å²) in [5, 5.41) is 8.80. The molecule has 0 saturated carbocycles. The molecule has 2 heteroatoms. The largest absolute Gasteiger partial charge is 0.370 e. The maximum atomic E-state index is 10.1. The molecular formula is C12H15ClO. The number of halogens is 1. The highest BCUT2D eigenvalue weighted by Crippen LogP contribution is 2.36. The molecule has 0 aliphatic carbocycles. The summed E-state index contributed by atoms with van der Waals surface area (Å²) in [7, 11) is 0. The summed E-state index contributed by atoms with van der Waals surface area (Å²) < 4.78 is 0. The van der Waals surface area contributed by atoms with Crippen LogP contribution in [0.5, 0.6) is 0 Å². The first-order chi connectivity index (χ1) is 6.62. The molecule has 1 aromatic rings. The Kier molecular flexibility index (Phi) is 3.73. The van der Waals surface area contributed by atoms with Crippen molar-refractivity contribution in [2.75, 3.05) is 0 Å². The van der Waals surface area contributed by atoms with Crippen LogP contribution in [0, 0.1) is 5.92 Å². The van der Waals surface area contributed by atoms with Gasteiger partial charge in [0.15, 0.2) is 5.06 Å². The molecule has 0 amide bonds. The molecular weight excluding hydrogens is 196 g/mol. The highest BCUT2D eigenvalue weighted by atomic mass is 35.5. The smallest absolute Gasteiger partial charge is 0.170 e. The van der Waals surface area contributed by atoms with E-state index < -0.39 is 5.06 Å². The lowest BCUT2D eigenvalue weighted by molar-refractivity contribution is 0.0807. The van der Waals surface area contributed by atoms with Crippen molar-refractivity contribution in [3.8, 4) is 0 Å². The summed E-state index contributed by atoms with van der Waals surface area (Å²) in [5.74, 6) is -0.133. The highest BCUT2D eigenvalue weighted by molar-refractivity contribution is 6.23. The lowest BCUT2D eigenvalue weighted by atomic mass is 9.93. The van der Waals surface area contributed by atoms with Crippen LogP contribution in [0.3, 0.4) is 0 Å². The van der Waals surface area contributed by atoms with E-state index in [1.807, 2.05) is 37.3 Å². The molecule has 0 fully saturated rings. The van der Waals surface area contributed by atoms with Crippen molar-refractivity contribution in [1.82, 2.24) is 0 Å². The topological polar surface area (TPSA) is 20.2 Å². The maximum absolute atomic E-state index is 10.1. The van der Waals surface area contributed by atoms with E-state index in [4.69, 9.17) is 11.6 Å². The average molecular weight is 211 g/mol. The van der Waals surface area contributed by atoms with Gasteiger partial charge < -0.3 is 5.11 Å². The predicted molar refractivity (Wildman–Crippen MR) is 60.2 cm³/mol. The normalized spacial score (nSPS) is 17.1. The summed E-state index contributed by atoms with van der Waals surface area (Å²) in [5.41, 5.74) is 0.716. The van der Waals surface area contributed by atoms with Crippen LogP contribution in [0.1, 0.15) is 18.9 Å². The van der Waals surface area contributed by atoms with Gasteiger partial charge in [-0.15, -0.1) is 6.58 Å². The van der Waals surface area contributed by atoms with E-state index in [1.54, 1.807) is 6.08 Å². The molecule has 0 heterocycles. The van der Waals surface area contributed by atoms with Crippen LogP contribution in [-0.2, 0) is 5.06 Å². The first-order valence-electron chi connectivity index (χ1n) is 4.72. The van der Waals surface area contributed by atoms with E-state index >= 15 is 0 Å². The monoisotopic (exact) mass is 210 g/mol. The Morgan fingerprint density at radius 3 is 2.50 bits per heavy atom. The average Bonchev–Trinajstić information content (AvgIpc) is 2.20. The van der Waals surface area contributed by atoms with Gasteiger partial charge in [0.2, 0.25) is 0 Å². The van der Waals surface area contributed by atoms with Crippen LogP contribution in [0.2, 0.25) is 0 Å². The molecule has 0 bridgehead atoms. The number of benzene rings is 1. The number of rotatable bonds is 4. The molecule has 0 aliphatic rings. The van der Waals surface area contributed by atoms with Crippen LogP contribution >= 0.6 is 11.6 Å². The first kappa shape index (κ1) is 11.3. The van der Waals surface area contributed by atoms with Crippen molar-refractivity contribution in [2.45, 2.75) is 18.4 Å². The molecule has 1 rings (SSSR count). The van der Waals surface area contributed by atoms with Gasteiger partial charge in [-0.3, -0.25) is 0 Å². The standard InChI is InChI=1S/C12H15ClO/c1-3-10(4-2)12(13,14)11-8-6-5-7-9-11/h3,5-10,14H,1,4H2,2H3. The van der Waals surface area contributed by atoms with Gasteiger partial charge in [-0.05, 0) is 12.0 Å². The van der Waals surface area contributed by atoms with Gasteiger partial charge in [-0.1, -0.05) is 54.9 Å². The summed E-state index contributed by atoms with van der Waals surface area (Å²) in [6.45, 7) is 5.65. The molecule has 76 valence electrons. The van der Waals surface area contributed by atoms with Crippen LogP contribution in [-0.4, -0.2) is 5.11 Å². The number of alkyl halides is 1. The van der Waals surface area contributed by atoms with Crippen LogP contribution in [0.4, 0.5) is 0 Å². The third-order valence-corrected chi connectivity index (χ3v) is 2.89. The Morgan fingerprint density at radius 2 is 2.07 bits per heavy atom. The van der Waals surface area contributed by atoms with Crippen molar-refractivity contribution in [1.29, 1.82) is 0 Å². The molecule has 0 spiro atoms. The maximum Gasteiger partial charge on any atom is 0.170 e. The zero-order chi connectivity index (χ0) is 10.6. The van der Waals surface area contributed by atoms with E-state index in [0.29, 0.717) is 5.56 Å². The molecule has 0 aliphatic heterocycles. The zero-order valence-electron chi connectivity index (χ0n) is 8.28. The van der Waals surface area contributed by atoms with E-state index in [1.165, 1.54) is 0 Å². The van der Waals surface area contributed by atoms with E-state index in [9.17, 15) is 5.11 Å². The fourth-order valence-electron chi connectivity index (χ4n) is 1.48. The number of hydrogen-bond donors (Lipinski definition) is 1. The lowest BCUT2D eigenvalue weighted by Gasteiger charge is -2.27. The van der Waals surface area contributed by atoms with Gasteiger partial charge in [0.25, 0.3) is 0 Å². The first-order valence-corrected chi connectivity index (χ1v) is 5.10. The van der Waals surface area contributed by atoms with Crippen molar-refractivity contribution in [3.05, 3.63) is 48.6 Å². The summed E-state index contributed by atoms with van der Waals surface area (Å²) in [6, 6.07) is 9.25. The minimum absolute atomic E-state index is 0.133. The van der Waals surface area contributed by atoms with Crippen molar-refractivity contribution in [3.63, 3.8) is 0 Å². The molecule has 0 saturated heterocycles. The molecule has 1 N–H and O–H groups in total. The minimum atomic E-state index is -1.34. The van der Waals surface area contributed by atoms with E-state index in [0.717, 1.165) is 6.42 Å². The molecule has 1 aromatic carbocycles. The Labute approximate surface area is 90.0 Å². The van der Waals surface area contributed by atoms with Crippen molar-refractivity contribution in [2.24, 2.45) is 5.92 Å². The van der Waals surface area contributed by atoms with Crippen molar-refractivity contribution >= 4 is 11.6 Å². The molecule has 2 atom stereocenters. The van der Waals surface area contributed by atoms with Gasteiger partial charge in [0, 0.05) is 5.92 Å². The SMILES string of the molecule is C=CC(CC)C(O)(Cl)c1ccccc1. The van der Waals surface area contributed by atoms with Crippen LogP contribution in [0.15, 0.2) is 43.0 Å². The Balaban J connectivity index is 3.00. The van der Waals surface area contributed by atoms with Gasteiger partial charge in [0.05, 0.1) is 0 Å². The molecule has 1 nitrogen and oxygen atoms in total. The summed E-state index contributed by atoms with van der Waals surface area (Å²) >= 11 is 6.11. The van der Waals surface area contributed by atoms with Gasteiger partial charge in [0.1, 0.15) is 0 Å². The highest BCUT2D eigenvalue weighted by Gasteiger charge is 2.32. The summed E-state index contributed by atoms with van der Waals surface area (Å²) in [4.78, 5) is 0. The third kappa shape index (κ3) is 2.17. The van der Waals surface area contributed by atoms with E-state index in [2.05, 4.69) is 6.58 Å². The van der Waals surface area contributed by atoms with Crippen LogP contribution < -0.4 is 0 Å². The zero-order valence-corrected chi connectivity index (χ0v) is 9.04. The van der Waals surface area contributed by atoms with Gasteiger partial charge in [-0.25, -0.2) is 0 Å². The fourth-order valence-corrected chi connectivity index (χ4v) is 1.85. The Hall–Kier alpha value is -0.790. The van der Waals surface area contributed by atoms with E-state index in [-0.39, 0.29) is 5.92 Å². The molecule has 0 radical (unpaired) electrons. The van der Waals surface area contributed by atoms with Gasteiger partial charge in [-0.2, -0.15) is 0 Å². The Bertz CT molecular complexity index is 292. The summed E-state index contributed by atoms with van der Waals surface area (Å²) in [6.07, 6.45) is 2.46. The van der Waals surface area contributed by atoms with Gasteiger partial charge >= 0.3 is 0 Å². The second kappa shape index (κ2) is 4.63. The molecule has 0 aromatic heterocycles. The second-order valence-corrected chi connectivity index (χ2v) is 3.87. The number of hydrogen-bond acceptors (Lipinski definition) is 1. The third-order valence-electron chi connectivity index (χ3n) is 2.39. The van der Waals surface area contributed by atoms with Crippen molar-refractivity contribution < 1.29 is 5.11 Å². The predicted octanol–water partition coefficient (Wildman–Crippen LogP) is 3.28. The fraction of sp³-hybridized carbons (Fsp3) is 0.333. The second-order valence-electron chi connectivity index (χ2n) is 3.29. The van der Waals surface area contributed by atoms with Crippen LogP contribution in [0.25, 0.3) is 0 Å². The molecule has 14 heavy (non-hydrogen) atoms. The molecule has 2 unspecified atom stereocenters. The number of aliphatic hydroxyl groups is 1. The minimum Gasteiger partial charge on any atom is -0.370 e. The quantitative estimate of drug-likeness (QED) is 0.598.